The van der Waals surface area contributed by atoms with Gasteiger partial charge in [-0.2, -0.15) is 0 Å². The molecule has 0 aliphatic rings. The van der Waals surface area contributed by atoms with Crippen LogP contribution in [0.4, 0.5) is 17.1 Å². The Hall–Kier alpha value is -8.38. The first-order chi connectivity index (χ1) is 32.2. The predicted molar refractivity (Wildman–Crippen MR) is 274 cm³/mol. The second-order valence-electron chi connectivity index (χ2n) is 16.8. The first-order valence-electron chi connectivity index (χ1n) is 22.0. The maximum Gasteiger partial charge on any atom is 0.143 e. The van der Waals surface area contributed by atoms with Gasteiger partial charge in [-0.1, -0.05) is 152 Å². The summed E-state index contributed by atoms with van der Waals surface area (Å²) in [6, 6.07) is 78.3. The molecule has 5 heteroatoms. The maximum absolute atomic E-state index is 6.49. The van der Waals surface area contributed by atoms with Gasteiger partial charge in [0.1, 0.15) is 22.3 Å². The highest BCUT2D eigenvalue weighted by atomic mass is 32.1. The summed E-state index contributed by atoms with van der Waals surface area (Å²) in [6.07, 6.45) is 0. The molecular formula is C60H36N2O2S. The number of benzene rings is 10. The van der Waals surface area contributed by atoms with Gasteiger partial charge >= 0.3 is 0 Å². The molecular weight excluding hydrogens is 813 g/mol. The number of nitrogens with zero attached hydrogens (tertiary/aromatic N) is 2. The number of hydrogen-bond acceptors (Lipinski definition) is 4. The third-order valence-electron chi connectivity index (χ3n) is 13.2. The van der Waals surface area contributed by atoms with Gasteiger partial charge in [0, 0.05) is 76.0 Å². The van der Waals surface area contributed by atoms with E-state index >= 15 is 0 Å². The van der Waals surface area contributed by atoms with E-state index in [0.29, 0.717) is 0 Å². The Bertz CT molecular complexity index is 4020. The molecule has 0 saturated heterocycles. The van der Waals surface area contributed by atoms with E-state index in [4.69, 9.17) is 8.83 Å². The summed E-state index contributed by atoms with van der Waals surface area (Å²) in [6.45, 7) is 0. The largest absolute Gasteiger partial charge is 0.455 e. The van der Waals surface area contributed by atoms with Crippen molar-refractivity contribution < 1.29 is 8.83 Å². The number of fused-ring (bicyclic) bond motifs is 13. The smallest absolute Gasteiger partial charge is 0.143 e. The van der Waals surface area contributed by atoms with Crippen LogP contribution >= 0.6 is 11.3 Å². The van der Waals surface area contributed by atoms with Gasteiger partial charge in [0.2, 0.25) is 0 Å². The Balaban J connectivity index is 0.961. The van der Waals surface area contributed by atoms with Crippen LogP contribution in [0.25, 0.3) is 114 Å². The SMILES string of the molecule is c1ccc(-n2c3ccccc3c3c4sc5c(N(c6ccc(-c7cccc8c7oc7ccccc78)cc6)c6ccc(-c7cccc8c7oc7ccccc78)cc6)cccc5c4ccc32)cc1. The molecule has 14 aromatic rings. The summed E-state index contributed by atoms with van der Waals surface area (Å²) >= 11 is 1.89. The summed E-state index contributed by atoms with van der Waals surface area (Å²) in [7, 11) is 0. The third-order valence-corrected chi connectivity index (χ3v) is 14.5. The predicted octanol–water partition coefficient (Wildman–Crippen LogP) is 17.8. The van der Waals surface area contributed by atoms with Crippen LogP contribution < -0.4 is 4.90 Å². The number of thiophene rings is 1. The van der Waals surface area contributed by atoms with E-state index < -0.39 is 0 Å². The first kappa shape index (κ1) is 36.1. The number of furan rings is 2. The van der Waals surface area contributed by atoms with Crippen molar-refractivity contribution in [1.82, 2.24) is 4.57 Å². The Morgan fingerprint density at radius 1 is 0.354 bits per heavy atom. The Morgan fingerprint density at radius 2 is 0.862 bits per heavy atom. The van der Waals surface area contributed by atoms with E-state index in [-0.39, 0.29) is 0 Å². The molecule has 0 spiro atoms. The lowest BCUT2D eigenvalue weighted by Gasteiger charge is -2.26. The molecule has 0 fully saturated rings. The normalized spacial score (nSPS) is 12.0. The summed E-state index contributed by atoms with van der Waals surface area (Å²) in [5.41, 5.74) is 14.8. The second-order valence-corrected chi connectivity index (χ2v) is 17.8. The van der Waals surface area contributed by atoms with Crippen LogP contribution in [-0.2, 0) is 0 Å². The van der Waals surface area contributed by atoms with E-state index in [9.17, 15) is 0 Å². The Morgan fingerprint density at radius 3 is 1.49 bits per heavy atom. The molecule has 0 amide bonds. The van der Waals surface area contributed by atoms with Crippen molar-refractivity contribution >= 4 is 114 Å². The van der Waals surface area contributed by atoms with Crippen molar-refractivity contribution in [1.29, 1.82) is 0 Å². The van der Waals surface area contributed by atoms with Crippen molar-refractivity contribution in [3.63, 3.8) is 0 Å². The molecule has 4 heterocycles. The molecule has 10 aromatic carbocycles. The average Bonchev–Trinajstić information content (AvgIpc) is 4.14. The zero-order valence-electron chi connectivity index (χ0n) is 34.9. The molecule has 4 aromatic heterocycles. The lowest BCUT2D eigenvalue weighted by Crippen LogP contribution is -2.10. The van der Waals surface area contributed by atoms with Crippen LogP contribution in [0.15, 0.2) is 227 Å². The van der Waals surface area contributed by atoms with Gasteiger partial charge in [-0.05, 0) is 77.9 Å². The van der Waals surface area contributed by atoms with Crippen LogP contribution in [0.3, 0.4) is 0 Å². The zero-order valence-corrected chi connectivity index (χ0v) is 35.7. The molecule has 0 saturated carbocycles. The molecule has 0 radical (unpaired) electrons. The van der Waals surface area contributed by atoms with E-state index in [0.717, 1.165) is 88.9 Å². The topological polar surface area (TPSA) is 34.5 Å². The zero-order chi connectivity index (χ0) is 42.6. The molecule has 304 valence electrons. The van der Waals surface area contributed by atoms with Gasteiger partial charge in [0.25, 0.3) is 0 Å². The number of para-hydroxylation sites is 6. The second kappa shape index (κ2) is 14.1. The lowest BCUT2D eigenvalue weighted by atomic mass is 10.0. The fourth-order valence-corrected chi connectivity index (χ4v) is 11.6. The van der Waals surface area contributed by atoms with Crippen molar-refractivity contribution in [2.45, 2.75) is 0 Å². The molecule has 0 atom stereocenters. The molecule has 65 heavy (non-hydrogen) atoms. The van der Waals surface area contributed by atoms with Gasteiger partial charge < -0.3 is 18.3 Å². The number of rotatable bonds is 6. The van der Waals surface area contributed by atoms with E-state index in [1.54, 1.807) is 0 Å². The van der Waals surface area contributed by atoms with Crippen molar-refractivity contribution in [3.05, 3.63) is 218 Å². The summed E-state index contributed by atoms with van der Waals surface area (Å²) in [4.78, 5) is 2.42. The van der Waals surface area contributed by atoms with E-state index in [2.05, 4.69) is 204 Å². The van der Waals surface area contributed by atoms with Gasteiger partial charge in [-0.25, -0.2) is 0 Å². The minimum absolute atomic E-state index is 0.899. The quantitative estimate of drug-likeness (QED) is 0.167. The van der Waals surface area contributed by atoms with Crippen LogP contribution in [0.1, 0.15) is 0 Å². The molecule has 4 nitrogen and oxygen atoms in total. The summed E-state index contributed by atoms with van der Waals surface area (Å²) in [5.74, 6) is 0. The van der Waals surface area contributed by atoms with Crippen LogP contribution in [0.2, 0.25) is 0 Å². The van der Waals surface area contributed by atoms with Gasteiger partial charge in [-0.15, -0.1) is 11.3 Å². The first-order valence-corrected chi connectivity index (χ1v) is 22.8. The Kier molecular flexibility index (Phi) is 7.82. The standard InChI is InChI=1S/C60H36N2O2S/c1-2-13-39(14-3-1)62-51-23-7-4-17-50(51)56-52(62)36-35-49-48-22-12-24-53(59(48)65-60(49)56)61(40-31-27-37(28-32-40)42-18-10-20-46-44-15-5-8-25-54(44)63-57(42)46)41-33-29-38(30-34-41)43-19-11-21-47-45-16-6-9-26-55(45)64-58(43)47/h1-36H. The number of aromatic nitrogens is 1. The van der Waals surface area contributed by atoms with E-state index in [1.807, 2.05) is 35.6 Å². The van der Waals surface area contributed by atoms with E-state index in [1.165, 1.54) is 42.0 Å². The highest BCUT2D eigenvalue weighted by Gasteiger charge is 2.23. The van der Waals surface area contributed by atoms with Gasteiger partial charge in [-0.3, -0.25) is 0 Å². The van der Waals surface area contributed by atoms with Crippen LogP contribution in [-0.4, -0.2) is 4.57 Å². The van der Waals surface area contributed by atoms with Crippen molar-refractivity contribution in [2.75, 3.05) is 4.90 Å². The fourth-order valence-electron chi connectivity index (χ4n) is 10.3. The molecule has 14 rings (SSSR count). The monoisotopic (exact) mass is 848 g/mol. The highest BCUT2D eigenvalue weighted by Crippen LogP contribution is 2.49. The summed E-state index contributed by atoms with van der Waals surface area (Å²) in [5, 5.41) is 9.56. The van der Waals surface area contributed by atoms with Crippen LogP contribution in [0.5, 0.6) is 0 Å². The Labute approximate surface area is 377 Å². The minimum Gasteiger partial charge on any atom is -0.455 e. The minimum atomic E-state index is 0.899. The molecule has 0 aliphatic carbocycles. The summed E-state index contributed by atoms with van der Waals surface area (Å²) < 4.78 is 17.9. The molecule has 0 bridgehead atoms. The fraction of sp³-hybridized carbons (Fsp3) is 0. The van der Waals surface area contributed by atoms with Crippen LogP contribution in [0, 0.1) is 0 Å². The molecule has 0 N–H and O–H groups in total. The van der Waals surface area contributed by atoms with Crippen molar-refractivity contribution in [3.8, 4) is 27.9 Å². The third kappa shape index (κ3) is 5.43. The molecule has 0 unspecified atom stereocenters. The number of anilines is 3. The maximum atomic E-state index is 6.49. The van der Waals surface area contributed by atoms with Gasteiger partial charge in [0.05, 0.1) is 21.4 Å². The average molecular weight is 849 g/mol. The number of hydrogen-bond donors (Lipinski definition) is 0. The molecule has 0 aliphatic heterocycles. The van der Waals surface area contributed by atoms with Crippen molar-refractivity contribution in [2.24, 2.45) is 0 Å². The highest BCUT2D eigenvalue weighted by molar-refractivity contribution is 7.27. The van der Waals surface area contributed by atoms with Gasteiger partial charge in [0.15, 0.2) is 0 Å². The lowest BCUT2D eigenvalue weighted by molar-refractivity contribution is 0.669.